The van der Waals surface area contributed by atoms with Crippen LogP contribution in [0.25, 0.3) is 11.1 Å². The number of benzene rings is 2. The van der Waals surface area contributed by atoms with E-state index in [2.05, 4.69) is 36.4 Å². The van der Waals surface area contributed by atoms with E-state index in [1.54, 1.807) is 0 Å². The molecule has 1 fully saturated rings. The molecular weight excluding hydrogens is 262 g/mol. The van der Waals surface area contributed by atoms with Gasteiger partial charge in [0.1, 0.15) is 6.10 Å². The Hall–Kier alpha value is -2.13. The van der Waals surface area contributed by atoms with Crippen LogP contribution in [-0.4, -0.2) is 18.6 Å². The maximum absolute atomic E-state index is 11.5. The van der Waals surface area contributed by atoms with E-state index in [9.17, 15) is 4.79 Å². The number of carbonyl (C=O) groups excluding carboxylic acids is 1. The number of carbonyl (C=O) groups is 1. The van der Waals surface area contributed by atoms with Gasteiger partial charge < -0.3 is 10.5 Å². The maximum Gasteiger partial charge on any atom is 0.247 e. The highest BCUT2D eigenvalue weighted by atomic mass is 16.5. The predicted molar refractivity (Wildman–Crippen MR) is 82.8 cm³/mol. The van der Waals surface area contributed by atoms with Gasteiger partial charge in [-0.1, -0.05) is 54.6 Å². The van der Waals surface area contributed by atoms with Crippen molar-refractivity contribution in [2.45, 2.75) is 24.9 Å². The Morgan fingerprint density at radius 1 is 1.00 bits per heavy atom. The van der Waals surface area contributed by atoms with Crippen molar-refractivity contribution in [3.63, 3.8) is 0 Å². The van der Waals surface area contributed by atoms with Gasteiger partial charge in [-0.05, 0) is 29.5 Å². The third-order valence-electron chi connectivity index (χ3n) is 4.05. The molecule has 21 heavy (non-hydrogen) atoms. The standard InChI is InChI=1S/C18H19NO2/c19-18(20)17-16(7-4-12-21-17)15-10-8-14(9-11-15)13-5-2-1-3-6-13/h1-3,5-6,8-11,16-17H,4,7,12H2,(H2,19,20)/t16-,17-/m1/s1. The lowest BCUT2D eigenvalue weighted by molar-refractivity contribution is -0.133. The SMILES string of the molecule is NC(=O)[C@@H]1OCCC[C@@H]1c1ccc(-c2ccccc2)cc1. The predicted octanol–water partition coefficient (Wildman–Crippen LogP) is 3.10. The summed E-state index contributed by atoms with van der Waals surface area (Å²) in [6.45, 7) is 0.617. The summed E-state index contributed by atoms with van der Waals surface area (Å²) >= 11 is 0. The fourth-order valence-corrected chi connectivity index (χ4v) is 2.96. The molecule has 0 aromatic heterocycles. The van der Waals surface area contributed by atoms with Gasteiger partial charge in [0.15, 0.2) is 0 Å². The molecule has 1 aliphatic rings. The van der Waals surface area contributed by atoms with E-state index in [-0.39, 0.29) is 11.8 Å². The van der Waals surface area contributed by atoms with Crippen LogP contribution in [0.15, 0.2) is 54.6 Å². The van der Waals surface area contributed by atoms with Crippen molar-refractivity contribution >= 4 is 5.91 Å². The molecule has 2 N–H and O–H groups in total. The smallest absolute Gasteiger partial charge is 0.247 e. The maximum atomic E-state index is 11.5. The Kier molecular flexibility index (Phi) is 4.02. The average Bonchev–Trinajstić information content (AvgIpc) is 2.56. The molecule has 2 atom stereocenters. The lowest BCUT2D eigenvalue weighted by atomic mass is 9.86. The van der Waals surface area contributed by atoms with Crippen molar-refractivity contribution in [2.24, 2.45) is 5.73 Å². The van der Waals surface area contributed by atoms with Crippen LogP contribution >= 0.6 is 0 Å². The zero-order valence-corrected chi connectivity index (χ0v) is 11.9. The molecule has 0 aliphatic carbocycles. The number of amides is 1. The fraction of sp³-hybridized carbons (Fsp3) is 0.278. The van der Waals surface area contributed by atoms with Gasteiger partial charge in [-0.2, -0.15) is 0 Å². The summed E-state index contributed by atoms with van der Waals surface area (Å²) in [5.41, 5.74) is 8.94. The summed E-state index contributed by atoms with van der Waals surface area (Å²) in [6, 6.07) is 18.6. The lowest BCUT2D eigenvalue weighted by Gasteiger charge is -2.30. The Morgan fingerprint density at radius 2 is 1.67 bits per heavy atom. The van der Waals surface area contributed by atoms with Gasteiger partial charge in [-0.25, -0.2) is 0 Å². The first kappa shape index (κ1) is 13.8. The van der Waals surface area contributed by atoms with Crippen molar-refractivity contribution in [1.82, 2.24) is 0 Å². The third-order valence-corrected chi connectivity index (χ3v) is 4.05. The Balaban J connectivity index is 1.85. The van der Waals surface area contributed by atoms with Crippen LogP contribution in [0.1, 0.15) is 24.3 Å². The van der Waals surface area contributed by atoms with Gasteiger partial charge in [0.2, 0.25) is 5.91 Å². The van der Waals surface area contributed by atoms with Crippen molar-refractivity contribution in [2.75, 3.05) is 6.61 Å². The third kappa shape index (κ3) is 2.98. The second kappa shape index (κ2) is 6.10. The molecule has 2 aromatic rings. The normalized spacial score (nSPS) is 21.9. The quantitative estimate of drug-likeness (QED) is 0.940. The van der Waals surface area contributed by atoms with E-state index in [1.807, 2.05) is 18.2 Å². The molecule has 3 heteroatoms. The first-order chi connectivity index (χ1) is 10.3. The Morgan fingerprint density at radius 3 is 2.33 bits per heavy atom. The molecule has 108 valence electrons. The van der Waals surface area contributed by atoms with Crippen LogP contribution in [0, 0.1) is 0 Å². The topological polar surface area (TPSA) is 52.3 Å². The van der Waals surface area contributed by atoms with Gasteiger partial charge >= 0.3 is 0 Å². The summed E-state index contributed by atoms with van der Waals surface area (Å²) in [7, 11) is 0. The van der Waals surface area contributed by atoms with Crippen molar-refractivity contribution in [3.8, 4) is 11.1 Å². The molecule has 1 amide bonds. The molecule has 3 rings (SSSR count). The second-order valence-electron chi connectivity index (χ2n) is 5.43. The van der Waals surface area contributed by atoms with Crippen molar-refractivity contribution < 1.29 is 9.53 Å². The van der Waals surface area contributed by atoms with Crippen LogP contribution in [0.2, 0.25) is 0 Å². The highest BCUT2D eigenvalue weighted by Crippen LogP contribution is 2.32. The van der Waals surface area contributed by atoms with Gasteiger partial charge in [-0.3, -0.25) is 4.79 Å². The molecule has 0 radical (unpaired) electrons. The van der Waals surface area contributed by atoms with Crippen LogP contribution in [0.4, 0.5) is 0 Å². The van der Waals surface area contributed by atoms with Crippen molar-refractivity contribution in [1.29, 1.82) is 0 Å². The van der Waals surface area contributed by atoms with E-state index in [0.717, 1.165) is 18.4 Å². The average molecular weight is 281 g/mol. The number of nitrogens with two attached hydrogens (primary N) is 1. The fourth-order valence-electron chi connectivity index (χ4n) is 2.96. The zero-order valence-electron chi connectivity index (χ0n) is 11.9. The highest BCUT2D eigenvalue weighted by Gasteiger charge is 2.31. The van der Waals surface area contributed by atoms with Gasteiger partial charge in [0, 0.05) is 12.5 Å². The van der Waals surface area contributed by atoms with E-state index < -0.39 is 6.10 Å². The van der Waals surface area contributed by atoms with E-state index in [4.69, 9.17) is 10.5 Å². The lowest BCUT2D eigenvalue weighted by Crippen LogP contribution is -2.39. The minimum atomic E-state index is -0.499. The number of hydrogen-bond donors (Lipinski definition) is 1. The molecule has 3 nitrogen and oxygen atoms in total. The minimum Gasteiger partial charge on any atom is -0.368 e. The van der Waals surface area contributed by atoms with E-state index in [1.165, 1.54) is 11.1 Å². The number of hydrogen-bond acceptors (Lipinski definition) is 2. The van der Waals surface area contributed by atoms with Gasteiger partial charge in [-0.15, -0.1) is 0 Å². The largest absolute Gasteiger partial charge is 0.368 e. The number of ether oxygens (including phenoxy) is 1. The summed E-state index contributed by atoms with van der Waals surface area (Å²) in [4.78, 5) is 11.5. The summed E-state index contributed by atoms with van der Waals surface area (Å²) in [5.74, 6) is -0.298. The molecule has 1 saturated heterocycles. The van der Waals surface area contributed by atoms with Gasteiger partial charge in [0.05, 0.1) is 0 Å². The number of primary amides is 1. The van der Waals surface area contributed by atoms with Crippen molar-refractivity contribution in [3.05, 3.63) is 60.2 Å². The van der Waals surface area contributed by atoms with Crippen LogP contribution in [0.3, 0.4) is 0 Å². The van der Waals surface area contributed by atoms with Gasteiger partial charge in [0.25, 0.3) is 0 Å². The van der Waals surface area contributed by atoms with Crippen LogP contribution < -0.4 is 5.73 Å². The zero-order chi connectivity index (χ0) is 14.7. The molecular formula is C18H19NO2. The summed E-state index contributed by atoms with van der Waals surface area (Å²) < 4.78 is 5.55. The highest BCUT2D eigenvalue weighted by molar-refractivity contribution is 5.80. The molecule has 0 unspecified atom stereocenters. The Labute approximate surface area is 124 Å². The summed E-state index contributed by atoms with van der Waals surface area (Å²) in [6.07, 6.45) is 1.41. The second-order valence-corrected chi connectivity index (χ2v) is 5.43. The first-order valence-electron chi connectivity index (χ1n) is 7.32. The summed E-state index contributed by atoms with van der Waals surface area (Å²) in [5, 5.41) is 0. The molecule has 2 aromatic carbocycles. The molecule has 1 aliphatic heterocycles. The minimum absolute atomic E-state index is 0.0704. The molecule has 1 heterocycles. The monoisotopic (exact) mass is 281 g/mol. The van der Waals surface area contributed by atoms with E-state index >= 15 is 0 Å². The Bertz CT molecular complexity index is 607. The van der Waals surface area contributed by atoms with E-state index in [0.29, 0.717) is 6.61 Å². The van der Waals surface area contributed by atoms with Crippen LogP contribution in [0.5, 0.6) is 0 Å². The van der Waals surface area contributed by atoms with Crippen LogP contribution in [-0.2, 0) is 9.53 Å². The molecule has 0 saturated carbocycles. The molecule has 0 spiro atoms. The molecule has 0 bridgehead atoms. The first-order valence-corrected chi connectivity index (χ1v) is 7.32. The number of rotatable bonds is 3.